The van der Waals surface area contributed by atoms with Crippen molar-refractivity contribution >= 4 is 23.2 Å². The molecule has 2 aromatic carbocycles. The van der Waals surface area contributed by atoms with Crippen LogP contribution in [0.3, 0.4) is 0 Å². The first kappa shape index (κ1) is 17.7. The molecule has 0 fully saturated rings. The van der Waals surface area contributed by atoms with Crippen LogP contribution in [0, 0.1) is 11.6 Å². The van der Waals surface area contributed by atoms with Crippen molar-refractivity contribution in [2.45, 2.75) is 25.7 Å². The standard InChI is InChI=1S/C20H16ClF2N3O/c21-12-5-10-17(16(23)11-12)24-20(27)19-15-3-1-2-4-18(15)26(25-19)14-8-6-13(22)7-9-14/h5-11H,1-4H2,(H,24,27). The number of aromatic nitrogens is 2. The zero-order valence-electron chi connectivity index (χ0n) is 14.3. The van der Waals surface area contributed by atoms with Gasteiger partial charge in [0, 0.05) is 16.3 Å². The van der Waals surface area contributed by atoms with Gasteiger partial charge in [-0.1, -0.05) is 11.6 Å². The van der Waals surface area contributed by atoms with E-state index in [1.165, 1.54) is 24.3 Å². The van der Waals surface area contributed by atoms with Crippen molar-refractivity contribution < 1.29 is 13.6 Å². The van der Waals surface area contributed by atoms with Gasteiger partial charge in [0.2, 0.25) is 0 Å². The number of hydrogen-bond donors (Lipinski definition) is 1. The topological polar surface area (TPSA) is 46.9 Å². The Morgan fingerprint density at radius 2 is 1.81 bits per heavy atom. The maximum atomic E-state index is 14.0. The highest BCUT2D eigenvalue weighted by molar-refractivity contribution is 6.30. The van der Waals surface area contributed by atoms with E-state index in [2.05, 4.69) is 10.4 Å². The molecule has 1 aliphatic rings. The predicted octanol–water partition coefficient (Wildman–Crippen LogP) is 4.94. The first-order valence-electron chi connectivity index (χ1n) is 8.66. The van der Waals surface area contributed by atoms with Gasteiger partial charge in [0.25, 0.3) is 5.91 Å². The number of hydrogen-bond acceptors (Lipinski definition) is 2. The third-order valence-electron chi connectivity index (χ3n) is 4.65. The normalized spacial score (nSPS) is 13.3. The molecule has 27 heavy (non-hydrogen) atoms. The Morgan fingerprint density at radius 1 is 1.07 bits per heavy atom. The summed E-state index contributed by atoms with van der Waals surface area (Å²) in [6.45, 7) is 0. The van der Waals surface area contributed by atoms with Crippen molar-refractivity contribution in [2.24, 2.45) is 0 Å². The van der Waals surface area contributed by atoms with Crippen molar-refractivity contribution in [1.82, 2.24) is 9.78 Å². The highest BCUT2D eigenvalue weighted by Gasteiger charge is 2.26. The highest BCUT2D eigenvalue weighted by atomic mass is 35.5. The lowest BCUT2D eigenvalue weighted by atomic mass is 9.95. The molecule has 0 radical (unpaired) electrons. The van der Waals surface area contributed by atoms with Crippen LogP contribution in [-0.4, -0.2) is 15.7 Å². The molecule has 1 amide bonds. The van der Waals surface area contributed by atoms with Gasteiger partial charge in [0.1, 0.15) is 11.6 Å². The fraction of sp³-hybridized carbons (Fsp3) is 0.200. The highest BCUT2D eigenvalue weighted by Crippen LogP contribution is 2.28. The molecule has 4 nitrogen and oxygen atoms in total. The van der Waals surface area contributed by atoms with E-state index in [1.54, 1.807) is 16.8 Å². The van der Waals surface area contributed by atoms with Crippen LogP contribution in [0.5, 0.6) is 0 Å². The third kappa shape index (κ3) is 3.45. The minimum absolute atomic E-state index is 0.0466. The molecule has 138 valence electrons. The molecular weight excluding hydrogens is 372 g/mol. The van der Waals surface area contributed by atoms with Gasteiger partial charge < -0.3 is 5.32 Å². The van der Waals surface area contributed by atoms with Gasteiger partial charge in [-0.3, -0.25) is 4.79 Å². The molecule has 0 aliphatic heterocycles. The summed E-state index contributed by atoms with van der Waals surface area (Å²) >= 11 is 5.75. The van der Waals surface area contributed by atoms with Crippen molar-refractivity contribution in [1.29, 1.82) is 0 Å². The average molecular weight is 388 g/mol. The Kier molecular flexibility index (Phi) is 4.66. The van der Waals surface area contributed by atoms with Crippen LogP contribution in [0.1, 0.15) is 34.6 Å². The van der Waals surface area contributed by atoms with Crippen LogP contribution in [-0.2, 0) is 12.8 Å². The number of carbonyl (C=O) groups excluding carboxylic acids is 1. The van der Waals surface area contributed by atoms with Crippen LogP contribution in [0.15, 0.2) is 42.5 Å². The number of halogens is 3. The number of benzene rings is 2. The van der Waals surface area contributed by atoms with Crippen molar-refractivity contribution in [3.8, 4) is 5.69 Å². The second kappa shape index (κ2) is 7.12. The summed E-state index contributed by atoms with van der Waals surface area (Å²) in [7, 11) is 0. The van der Waals surface area contributed by atoms with Crippen LogP contribution >= 0.6 is 11.6 Å². The van der Waals surface area contributed by atoms with Crippen LogP contribution in [0.4, 0.5) is 14.5 Å². The Balaban J connectivity index is 1.72. The molecule has 0 saturated carbocycles. The molecular formula is C20H16ClF2N3O. The second-order valence-electron chi connectivity index (χ2n) is 6.45. The fourth-order valence-electron chi connectivity index (χ4n) is 3.35. The minimum atomic E-state index is -0.609. The van der Waals surface area contributed by atoms with E-state index in [1.807, 2.05) is 0 Å². The number of nitrogens with zero attached hydrogens (tertiary/aromatic N) is 2. The van der Waals surface area contributed by atoms with Crippen molar-refractivity contribution in [3.63, 3.8) is 0 Å². The van der Waals surface area contributed by atoms with E-state index in [9.17, 15) is 13.6 Å². The molecule has 1 heterocycles. The lowest BCUT2D eigenvalue weighted by Gasteiger charge is -2.14. The summed E-state index contributed by atoms with van der Waals surface area (Å²) in [5.41, 5.74) is 2.80. The Bertz CT molecular complexity index is 1010. The number of nitrogens with one attached hydrogen (secondary N) is 1. The van der Waals surface area contributed by atoms with Crippen LogP contribution < -0.4 is 5.32 Å². The summed E-state index contributed by atoms with van der Waals surface area (Å²) in [6, 6.07) is 10.0. The largest absolute Gasteiger partial charge is 0.318 e. The number of fused-ring (bicyclic) bond motifs is 1. The van der Waals surface area contributed by atoms with Gasteiger partial charge in [-0.25, -0.2) is 13.5 Å². The summed E-state index contributed by atoms with van der Waals surface area (Å²) in [4.78, 5) is 12.8. The average Bonchev–Trinajstić information content (AvgIpc) is 3.04. The summed E-state index contributed by atoms with van der Waals surface area (Å²) in [5.74, 6) is -1.42. The van der Waals surface area contributed by atoms with Gasteiger partial charge in [-0.15, -0.1) is 0 Å². The molecule has 0 saturated heterocycles. The van der Waals surface area contributed by atoms with E-state index < -0.39 is 11.7 Å². The number of rotatable bonds is 3. The number of carbonyl (C=O) groups is 1. The number of anilines is 1. The molecule has 1 aromatic heterocycles. The maximum Gasteiger partial charge on any atom is 0.276 e. The minimum Gasteiger partial charge on any atom is -0.318 e. The van der Waals surface area contributed by atoms with Gasteiger partial charge >= 0.3 is 0 Å². The zero-order chi connectivity index (χ0) is 19.0. The van der Waals surface area contributed by atoms with Gasteiger partial charge in [0.05, 0.1) is 11.4 Å². The molecule has 4 rings (SSSR count). The Labute approximate surface area is 159 Å². The van der Waals surface area contributed by atoms with Crippen LogP contribution in [0.2, 0.25) is 5.02 Å². The SMILES string of the molecule is O=C(Nc1ccc(Cl)cc1F)c1nn(-c2ccc(F)cc2)c2c1CCCC2. The predicted molar refractivity (Wildman–Crippen MR) is 99.5 cm³/mol. The van der Waals surface area contributed by atoms with Gasteiger partial charge in [-0.05, 0) is 68.1 Å². The molecule has 3 aromatic rings. The zero-order valence-corrected chi connectivity index (χ0v) is 15.1. The van der Waals surface area contributed by atoms with Gasteiger partial charge in [-0.2, -0.15) is 5.10 Å². The molecule has 0 spiro atoms. The third-order valence-corrected chi connectivity index (χ3v) is 4.88. The van der Waals surface area contributed by atoms with Crippen molar-refractivity contribution in [3.05, 3.63) is 76.1 Å². The summed E-state index contributed by atoms with van der Waals surface area (Å²) < 4.78 is 28.9. The second-order valence-corrected chi connectivity index (χ2v) is 6.88. The van der Waals surface area contributed by atoms with E-state index >= 15 is 0 Å². The van der Waals surface area contributed by atoms with Crippen molar-refractivity contribution in [2.75, 3.05) is 5.32 Å². The monoisotopic (exact) mass is 387 g/mol. The first-order valence-corrected chi connectivity index (χ1v) is 9.04. The number of amides is 1. The quantitative estimate of drug-likeness (QED) is 0.692. The maximum absolute atomic E-state index is 14.0. The van der Waals surface area contributed by atoms with E-state index in [0.29, 0.717) is 5.69 Å². The Hall–Kier alpha value is -2.73. The first-order chi connectivity index (χ1) is 13.0. The Morgan fingerprint density at radius 3 is 2.56 bits per heavy atom. The van der Waals surface area contributed by atoms with E-state index in [4.69, 9.17) is 11.6 Å². The lowest BCUT2D eigenvalue weighted by Crippen LogP contribution is -2.16. The molecule has 0 atom stereocenters. The molecule has 0 unspecified atom stereocenters. The molecule has 0 bridgehead atoms. The van der Waals surface area contributed by atoms with Gasteiger partial charge in [0.15, 0.2) is 5.69 Å². The smallest absolute Gasteiger partial charge is 0.276 e. The van der Waals surface area contributed by atoms with Crippen LogP contribution in [0.25, 0.3) is 5.69 Å². The summed E-state index contributed by atoms with van der Waals surface area (Å²) in [6.07, 6.45) is 3.45. The van der Waals surface area contributed by atoms with E-state index in [0.717, 1.165) is 43.0 Å². The fourth-order valence-corrected chi connectivity index (χ4v) is 3.51. The molecule has 1 aliphatic carbocycles. The lowest BCUT2D eigenvalue weighted by molar-refractivity contribution is 0.102. The van der Waals surface area contributed by atoms with E-state index in [-0.39, 0.29) is 22.2 Å². The molecule has 7 heteroatoms. The summed E-state index contributed by atoms with van der Waals surface area (Å²) in [5, 5.41) is 7.29. The molecule has 1 N–H and O–H groups in total.